The van der Waals surface area contributed by atoms with Crippen molar-refractivity contribution in [2.24, 2.45) is 0 Å². The van der Waals surface area contributed by atoms with Crippen molar-refractivity contribution in [2.75, 3.05) is 14.2 Å². The van der Waals surface area contributed by atoms with Gasteiger partial charge in [-0.1, -0.05) is 0 Å². The zero-order valence-corrected chi connectivity index (χ0v) is 11.7. The predicted octanol–water partition coefficient (Wildman–Crippen LogP) is 2.57. The van der Waals surface area contributed by atoms with Crippen LogP contribution in [0, 0.1) is 6.92 Å². The number of hydrogen-bond acceptors (Lipinski definition) is 3. The number of methoxy groups -OCH3 is 2. The lowest BCUT2D eigenvalue weighted by Gasteiger charge is -2.11. The second-order valence-corrected chi connectivity index (χ2v) is 4.49. The molecule has 0 radical (unpaired) electrons. The van der Waals surface area contributed by atoms with E-state index >= 15 is 0 Å². The van der Waals surface area contributed by atoms with Crippen molar-refractivity contribution >= 4 is 5.97 Å². The van der Waals surface area contributed by atoms with E-state index in [9.17, 15) is 4.79 Å². The Morgan fingerprint density at radius 3 is 2.50 bits per heavy atom. The minimum atomic E-state index is -0.873. The smallest absolute Gasteiger partial charge is 0.323 e. The van der Waals surface area contributed by atoms with Gasteiger partial charge in [-0.15, -0.1) is 0 Å². The third-order valence-electron chi connectivity index (χ3n) is 3.02. The molecule has 0 unspecified atom stereocenters. The Morgan fingerprint density at radius 2 is 1.90 bits per heavy atom. The van der Waals surface area contributed by atoms with E-state index in [0.717, 1.165) is 16.8 Å². The summed E-state index contributed by atoms with van der Waals surface area (Å²) >= 11 is 0. The molecule has 0 atom stereocenters. The highest BCUT2D eigenvalue weighted by Crippen LogP contribution is 2.33. The van der Waals surface area contributed by atoms with Crippen molar-refractivity contribution in [3.8, 4) is 22.8 Å². The topological polar surface area (TPSA) is 60.7 Å². The highest BCUT2D eigenvalue weighted by Gasteiger charge is 2.12. The lowest BCUT2D eigenvalue weighted by atomic mass is 10.1. The number of aromatic nitrogens is 1. The van der Waals surface area contributed by atoms with Crippen molar-refractivity contribution in [1.82, 2.24) is 4.57 Å². The van der Waals surface area contributed by atoms with E-state index in [2.05, 4.69) is 0 Å². The largest absolute Gasteiger partial charge is 0.493 e. The Kier molecular flexibility index (Phi) is 3.98. The molecule has 0 spiro atoms. The molecule has 0 amide bonds. The first-order valence-electron chi connectivity index (χ1n) is 6.16. The molecular formula is C15H17NO4. The van der Waals surface area contributed by atoms with E-state index in [1.165, 1.54) is 0 Å². The molecule has 0 bridgehead atoms. The van der Waals surface area contributed by atoms with E-state index in [-0.39, 0.29) is 6.54 Å². The number of aryl methyl sites for hydroxylation is 1. The van der Waals surface area contributed by atoms with Gasteiger partial charge in [0.25, 0.3) is 0 Å². The van der Waals surface area contributed by atoms with E-state index in [1.54, 1.807) is 18.8 Å². The highest BCUT2D eigenvalue weighted by molar-refractivity contribution is 5.70. The molecule has 2 rings (SSSR count). The van der Waals surface area contributed by atoms with Crippen LogP contribution in [0.2, 0.25) is 0 Å². The van der Waals surface area contributed by atoms with Gasteiger partial charge in [0.1, 0.15) is 6.54 Å². The Hall–Kier alpha value is -2.43. The molecule has 0 saturated heterocycles. The summed E-state index contributed by atoms with van der Waals surface area (Å²) in [6.07, 6.45) is 1.82. The molecule has 2 aromatic rings. The summed E-state index contributed by atoms with van der Waals surface area (Å²) in [6.45, 7) is 1.86. The SMILES string of the molecule is COc1ccc(-c2cc(C)cn2CC(=O)O)cc1OC. The van der Waals surface area contributed by atoms with Crippen molar-refractivity contribution in [3.05, 3.63) is 36.0 Å². The number of ether oxygens (including phenoxy) is 2. The predicted molar refractivity (Wildman–Crippen MR) is 75.3 cm³/mol. The van der Waals surface area contributed by atoms with Crippen LogP contribution in [-0.2, 0) is 11.3 Å². The number of nitrogens with zero attached hydrogens (tertiary/aromatic N) is 1. The minimum Gasteiger partial charge on any atom is -0.493 e. The number of benzene rings is 1. The normalized spacial score (nSPS) is 10.3. The monoisotopic (exact) mass is 275 g/mol. The maximum Gasteiger partial charge on any atom is 0.323 e. The van der Waals surface area contributed by atoms with Crippen LogP contribution in [0.3, 0.4) is 0 Å². The molecule has 0 aliphatic rings. The lowest BCUT2D eigenvalue weighted by Crippen LogP contribution is -2.08. The molecule has 0 saturated carbocycles. The summed E-state index contributed by atoms with van der Waals surface area (Å²) in [7, 11) is 3.15. The van der Waals surface area contributed by atoms with Crippen molar-refractivity contribution < 1.29 is 19.4 Å². The molecule has 1 heterocycles. The summed E-state index contributed by atoms with van der Waals surface area (Å²) in [5, 5.41) is 8.96. The summed E-state index contributed by atoms with van der Waals surface area (Å²) in [5.74, 6) is 0.386. The van der Waals surface area contributed by atoms with Gasteiger partial charge >= 0.3 is 5.97 Å². The van der Waals surface area contributed by atoms with Gasteiger partial charge in [0.2, 0.25) is 0 Å². The van der Waals surface area contributed by atoms with Crippen LogP contribution in [0.5, 0.6) is 11.5 Å². The third-order valence-corrected chi connectivity index (χ3v) is 3.02. The number of carboxylic acids is 1. The van der Waals surface area contributed by atoms with Crippen LogP contribution in [0.25, 0.3) is 11.3 Å². The fraction of sp³-hybridized carbons (Fsp3) is 0.267. The van der Waals surface area contributed by atoms with Crippen molar-refractivity contribution in [3.63, 3.8) is 0 Å². The van der Waals surface area contributed by atoms with Gasteiger partial charge in [-0.05, 0) is 36.8 Å². The Labute approximate surface area is 117 Å². The highest BCUT2D eigenvalue weighted by atomic mass is 16.5. The van der Waals surface area contributed by atoms with Crippen LogP contribution in [0.1, 0.15) is 5.56 Å². The molecule has 0 aliphatic heterocycles. The molecule has 1 N–H and O–H groups in total. The first-order chi connectivity index (χ1) is 9.55. The second-order valence-electron chi connectivity index (χ2n) is 4.49. The first kappa shape index (κ1) is 14.0. The van der Waals surface area contributed by atoms with Crippen LogP contribution in [-0.4, -0.2) is 29.9 Å². The summed E-state index contributed by atoms with van der Waals surface area (Å²) in [4.78, 5) is 10.9. The molecule has 5 heteroatoms. The molecule has 1 aromatic carbocycles. The molecule has 0 aliphatic carbocycles. The number of hydrogen-bond donors (Lipinski definition) is 1. The summed E-state index contributed by atoms with van der Waals surface area (Å²) < 4.78 is 12.2. The maximum absolute atomic E-state index is 10.9. The molecule has 106 valence electrons. The van der Waals surface area contributed by atoms with E-state index in [0.29, 0.717) is 11.5 Å². The Bertz CT molecular complexity index is 631. The van der Waals surface area contributed by atoms with E-state index < -0.39 is 5.97 Å². The van der Waals surface area contributed by atoms with Crippen molar-refractivity contribution in [1.29, 1.82) is 0 Å². The van der Waals surface area contributed by atoms with Crippen LogP contribution in [0.4, 0.5) is 0 Å². The first-order valence-corrected chi connectivity index (χ1v) is 6.16. The quantitative estimate of drug-likeness (QED) is 0.911. The molecule has 20 heavy (non-hydrogen) atoms. The van der Waals surface area contributed by atoms with Crippen LogP contribution in [0.15, 0.2) is 30.5 Å². The molecule has 5 nitrogen and oxygen atoms in total. The average Bonchev–Trinajstić information content (AvgIpc) is 2.77. The van der Waals surface area contributed by atoms with Gasteiger partial charge in [-0.25, -0.2) is 0 Å². The van der Waals surface area contributed by atoms with E-state index in [4.69, 9.17) is 14.6 Å². The van der Waals surface area contributed by atoms with Gasteiger partial charge in [-0.3, -0.25) is 4.79 Å². The zero-order valence-electron chi connectivity index (χ0n) is 11.7. The number of carboxylic acid groups (broad SMARTS) is 1. The van der Waals surface area contributed by atoms with Crippen LogP contribution < -0.4 is 9.47 Å². The maximum atomic E-state index is 10.9. The lowest BCUT2D eigenvalue weighted by molar-refractivity contribution is -0.137. The van der Waals surface area contributed by atoms with Gasteiger partial charge < -0.3 is 19.1 Å². The molecular weight excluding hydrogens is 258 g/mol. The fourth-order valence-corrected chi connectivity index (χ4v) is 2.17. The minimum absolute atomic E-state index is 0.0719. The van der Waals surface area contributed by atoms with Crippen molar-refractivity contribution in [2.45, 2.75) is 13.5 Å². The fourth-order valence-electron chi connectivity index (χ4n) is 2.17. The van der Waals surface area contributed by atoms with Gasteiger partial charge in [0, 0.05) is 17.5 Å². The Balaban J connectivity index is 2.48. The summed E-state index contributed by atoms with van der Waals surface area (Å²) in [6, 6.07) is 7.48. The standard InChI is InChI=1S/C15H17NO4/c1-10-6-12(16(8-10)9-15(17)18)11-4-5-13(19-2)14(7-11)20-3/h4-8H,9H2,1-3H3,(H,17,18). The number of aliphatic carboxylic acids is 1. The number of carbonyl (C=O) groups is 1. The van der Waals surface area contributed by atoms with Gasteiger partial charge in [0.05, 0.1) is 14.2 Å². The third kappa shape index (κ3) is 2.77. The van der Waals surface area contributed by atoms with Gasteiger partial charge in [0.15, 0.2) is 11.5 Å². The zero-order chi connectivity index (χ0) is 14.7. The number of rotatable bonds is 5. The van der Waals surface area contributed by atoms with E-state index in [1.807, 2.05) is 37.4 Å². The molecule has 0 fully saturated rings. The Morgan fingerprint density at radius 1 is 1.20 bits per heavy atom. The van der Waals surface area contributed by atoms with Crippen LogP contribution >= 0.6 is 0 Å². The molecule has 1 aromatic heterocycles. The summed E-state index contributed by atoms with van der Waals surface area (Å²) in [5.41, 5.74) is 2.74. The second kappa shape index (κ2) is 5.69. The average molecular weight is 275 g/mol. The van der Waals surface area contributed by atoms with Gasteiger partial charge in [-0.2, -0.15) is 0 Å².